The molecule has 0 aromatic carbocycles. The average molecular weight is 452 g/mol. The molecule has 3 heterocycles. The first kappa shape index (κ1) is 23.7. The molecule has 0 aliphatic carbocycles. The number of carbonyl (C=O) groups excluding carboxylic acids is 3. The van der Waals surface area contributed by atoms with Crippen LogP contribution in [0.3, 0.4) is 0 Å². The Morgan fingerprint density at radius 3 is 2.42 bits per heavy atom. The van der Waals surface area contributed by atoms with Gasteiger partial charge in [0.2, 0.25) is 20.1 Å². The fourth-order valence-corrected chi connectivity index (χ4v) is 5.31. The first-order chi connectivity index (χ1) is 14.3. The Hall–Kier alpha value is -1.94. The summed E-state index contributed by atoms with van der Waals surface area (Å²) in [5.74, 6) is -0.428. The first-order valence-electron chi connectivity index (χ1n) is 11.3. The molecule has 3 rings (SSSR count). The van der Waals surface area contributed by atoms with E-state index >= 15 is 0 Å². The SMILES string of the molecule is CC(=O)N1CCCC[C@@H]1C(=O)NC(=N)[C@@H]1CC[C@@H]2CN1C(=O)N2O[Si](C)(C)C(C)(C)C. The van der Waals surface area contributed by atoms with Gasteiger partial charge in [-0.2, -0.15) is 0 Å². The Bertz CT molecular complexity index is 765. The third-order valence-corrected chi connectivity index (χ3v) is 11.5. The van der Waals surface area contributed by atoms with Crippen LogP contribution in [0.1, 0.15) is 59.8 Å². The van der Waals surface area contributed by atoms with E-state index in [2.05, 4.69) is 39.2 Å². The molecule has 2 bridgehead atoms. The van der Waals surface area contributed by atoms with E-state index < -0.39 is 20.4 Å². The summed E-state index contributed by atoms with van der Waals surface area (Å²) in [6, 6.07) is -1.27. The van der Waals surface area contributed by atoms with Gasteiger partial charge >= 0.3 is 6.03 Å². The number of carbonyl (C=O) groups is 3. The van der Waals surface area contributed by atoms with Crippen molar-refractivity contribution in [3.63, 3.8) is 0 Å². The Morgan fingerprint density at radius 2 is 1.81 bits per heavy atom. The van der Waals surface area contributed by atoms with Gasteiger partial charge in [-0.15, -0.1) is 0 Å². The van der Waals surface area contributed by atoms with Crippen molar-refractivity contribution in [1.82, 2.24) is 20.2 Å². The molecule has 3 aliphatic heterocycles. The van der Waals surface area contributed by atoms with Crippen LogP contribution in [0.2, 0.25) is 18.1 Å². The highest BCUT2D eigenvalue weighted by Gasteiger charge is 2.51. The van der Waals surface area contributed by atoms with Gasteiger partial charge in [0.25, 0.3) is 0 Å². The molecular weight excluding hydrogens is 414 g/mol. The maximum atomic E-state index is 13.1. The maximum Gasteiger partial charge on any atom is 0.343 e. The number of piperidine rings is 2. The predicted molar refractivity (Wildman–Crippen MR) is 120 cm³/mol. The molecule has 0 aromatic heterocycles. The van der Waals surface area contributed by atoms with E-state index in [0.717, 1.165) is 19.3 Å². The smallest absolute Gasteiger partial charge is 0.331 e. The minimum atomic E-state index is -2.17. The van der Waals surface area contributed by atoms with E-state index in [4.69, 9.17) is 9.94 Å². The Kier molecular flexibility index (Phi) is 6.53. The Balaban J connectivity index is 1.66. The maximum absolute atomic E-state index is 13.1. The van der Waals surface area contributed by atoms with E-state index in [1.54, 1.807) is 9.80 Å². The van der Waals surface area contributed by atoms with E-state index in [1.165, 1.54) is 12.0 Å². The molecule has 4 amide bonds. The number of nitrogens with zero attached hydrogens (tertiary/aromatic N) is 3. The number of hydrogen-bond acceptors (Lipinski definition) is 5. The second-order valence-electron chi connectivity index (χ2n) is 10.5. The van der Waals surface area contributed by atoms with Crippen LogP contribution in [0.4, 0.5) is 4.79 Å². The molecule has 3 saturated heterocycles. The number of hydrogen-bond donors (Lipinski definition) is 2. The second kappa shape index (κ2) is 8.53. The zero-order valence-corrected chi connectivity index (χ0v) is 20.7. The Morgan fingerprint density at radius 1 is 1.13 bits per heavy atom. The lowest BCUT2D eigenvalue weighted by Crippen LogP contribution is -2.56. The quantitative estimate of drug-likeness (QED) is 0.389. The molecule has 0 unspecified atom stereocenters. The molecule has 2 N–H and O–H groups in total. The van der Waals surface area contributed by atoms with Crippen molar-refractivity contribution in [2.75, 3.05) is 13.1 Å². The number of urea groups is 1. The normalized spacial score (nSPS) is 26.8. The number of amides is 4. The van der Waals surface area contributed by atoms with Crippen LogP contribution in [0.15, 0.2) is 0 Å². The summed E-state index contributed by atoms with van der Waals surface area (Å²) in [5.41, 5.74) is 0. The second-order valence-corrected chi connectivity index (χ2v) is 15.2. The number of likely N-dealkylation sites (tertiary alicyclic amines) is 1. The van der Waals surface area contributed by atoms with Crippen molar-refractivity contribution in [3.8, 4) is 0 Å². The number of hydroxylamine groups is 2. The highest BCUT2D eigenvalue weighted by Crippen LogP contribution is 2.40. The molecule has 0 saturated carbocycles. The zero-order chi connectivity index (χ0) is 23.1. The first-order valence-corrected chi connectivity index (χ1v) is 14.2. The van der Waals surface area contributed by atoms with Gasteiger partial charge in [-0.1, -0.05) is 20.8 Å². The lowest BCUT2D eigenvalue weighted by molar-refractivity contribution is -0.140. The third-order valence-electron chi connectivity index (χ3n) is 7.26. The third kappa shape index (κ3) is 4.64. The number of fused-ring (bicyclic) bond motifs is 2. The summed E-state index contributed by atoms with van der Waals surface area (Å²) in [7, 11) is -2.17. The number of rotatable bonds is 4. The lowest BCUT2D eigenvalue weighted by atomic mass is 9.98. The fraction of sp³-hybridized carbons (Fsp3) is 0.810. The van der Waals surface area contributed by atoms with Gasteiger partial charge in [0, 0.05) is 20.0 Å². The predicted octanol–water partition coefficient (Wildman–Crippen LogP) is 2.69. The van der Waals surface area contributed by atoms with Crippen molar-refractivity contribution in [2.24, 2.45) is 0 Å². The van der Waals surface area contributed by atoms with Crippen LogP contribution in [0.5, 0.6) is 0 Å². The van der Waals surface area contributed by atoms with Gasteiger partial charge in [0.1, 0.15) is 11.9 Å². The highest BCUT2D eigenvalue weighted by molar-refractivity contribution is 6.74. The van der Waals surface area contributed by atoms with Crippen LogP contribution >= 0.6 is 0 Å². The molecule has 0 radical (unpaired) electrons. The van der Waals surface area contributed by atoms with Crippen LogP contribution in [-0.4, -0.2) is 78.1 Å². The van der Waals surface area contributed by atoms with Crippen LogP contribution < -0.4 is 5.32 Å². The van der Waals surface area contributed by atoms with Crippen LogP contribution in [-0.2, 0) is 14.1 Å². The van der Waals surface area contributed by atoms with E-state index in [-0.39, 0.29) is 34.8 Å². The van der Waals surface area contributed by atoms with E-state index in [0.29, 0.717) is 25.9 Å². The summed E-state index contributed by atoms with van der Waals surface area (Å²) in [6.45, 7) is 13.2. The van der Waals surface area contributed by atoms with Crippen molar-refractivity contribution in [1.29, 1.82) is 5.41 Å². The van der Waals surface area contributed by atoms with Crippen LogP contribution in [0.25, 0.3) is 0 Å². The lowest BCUT2D eigenvalue weighted by Gasteiger charge is -2.39. The number of nitrogens with one attached hydrogen (secondary N) is 2. The molecule has 10 heteroatoms. The van der Waals surface area contributed by atoms with Crippen molar-refractivity contribution >= 4 is 32.0 Å². The fourth-order valence-electron chi connectivity index (χ4n) is 4.31. The summed E-state index contributed by atoms with van der Waals surface area (Å²) in [6.07, 6.45) is 3.70. The standard InChI is InChI=1S/C21H37N5O4Si/c1-14(27)24-12-8-7-9-17(24)19(28)23-18(22)16-11-10-15-13-25(16)20(29)26(15)30-31(5,6)21(2,3)4/h15-17H,7-13H2,1-6H3,(H2,22,23,28)/t15-,16+,17-/m1/s1. The summed E-state index contributed by atoms with van der Waals surface area (Å²) < 4.78 is 6.31. The van der Waals surface area contributed by atoms with Gasteiger partial charge in [-0.3, -0.25) is 15.0 Å². The largest absolute Gasteiger partial charge is 0.343 e. The zero-order valence-electron chi connectivity index (χ0n) is 19.7. The van der Waals surface area contributed by atoms with Crippen molar-refractivity contribution in [3.05, 3.63) is 0 Å². The van der Waals surface area contributed by atoms with Gasteiger partial charge in [-0.25, -0.2) is 9.86 Å². The highest BCUT2D eigenvalue weighted by atomic mass is 28.4. The molecular formula is C21H37N5O4Si. The monoisotopic (exact) mass is 451 g/mol. The molecule has 3 atom stereocenters. The van der Waals surface area contributed by atoms with Gasteiger partial charge < -0.3 is 19.6 Å². The molecule has 0 spiro atoms. The molecule has 3 fully saturated rings. The van der Waals surface area contributed by atoms with Gasteiger partial charge in [0.15, 0.2) is 0 Å². The van der Waals surface area contributed by atoms with Crippen molar-refractivity contribution in [2.45, 2.75) is 96.1 Å². The minimum Gasteiger partial charge on any atom is -0.331 e. The van der Waals surface area contributed by atoms with Crippen LogP contribution in [0, 0.1) is 5.41 Å². The molecule has 31 heavy (non-hydrogen) atoms. The summed E-state index contributed by atoms with van der Waals surface area (Å²) >= 11 is 0. The van der Waals surface area contributed by atoms with Gasteiger partial charge in [-0.05, 0) is 50.2 Å². The molecule has 174 valence electrons. The van der Waals surface area contributed by atoms with Gasteiger partial charge in [0.05, 0.1) is 12.1 Å². The van der Waals surface area contributed by atoms with E-state index in [9.17, 15) is 14.4 Å². The summed E-state index contributed by atoms with van der Waals surface area (Å²) in [5, 5.41) is 12.7. The minimum absolute atomic E-state index is 0.0204. The van der Waals surface area contributed by atoms with E-state index in [1.807, 2.05) is 0 Å². The molecule has 3 aliphatic rings. The number of amidine groups is 1. The topological polar surface area (TPSA) is 106 Å². The summed E-state index contributed by atoms with van der Waals surface area (Å²) in [4.78, 5) is 41.1. The average Bonchev–Trinajstić information content (AvgIpc) is 2.91. The molecule has 9 nitrogen and oxygen atoms in total. The molecule has 0 aromatic rings. The van der Waals surface area contributed by atoms with Crippen molar-refractivity contribution < 1.29 is 18.9 Å². The Labute approximate surface area is 186 Å².